The molecule has 1 saturated heterocycles. The largest absolute Gasteiger partial charge is 0.341 e. The molecule has 0 aliphatic carbocycles. The highest BCUT2D eigenvalue weighted by molar-refractivity contribution is 5.76. The summed E-state index contributed by atoms with van der Waals surface area (Å²) in [7, 11) is 1.93. The van der Waals surface area contributed by atoms with Gasteiger partial charge in [0, 0.05) is 26.1 Å². The number of rotatable bonds is 4. The van der Waals surface area contributed by atoms with Crippen molar-refractivity contribution in [1.82, 2.24) is 10.2 Å². The highest BCUT2D eigenvalue weighted by Crippen LogP contribution is 2.10. The molecule has 0 aromatic heterocycles. The molecule has 98 valence electrons. The summed E-state index contributed by atoms with van der Waals surface area (Å²) < 4.78 is 0. The van der Waals surface area contributed by atoms with Crippen molar-refractivity contribution >= 4 is 5.91 Å². The third kappa shape index (κ3) is 3.33. The molecular weight excluding hydrogens is 224 g/mol. The molecular formula is C15H22N2O. The lowest BCUT2D eigenvalue weighted by Crippen LogP contribution is -2.38. The van der Waals surface area contributed by atoms with Gasteiger partial charge < -0.3 is 10.2 Å². The van der Waals surface area contributed by atoms with Gasteiger partial charge in [0.25, 0.3) is 0 Å². The first-order chi connectivity index (χ1) is 8.66. The standard InChI is InChI=1S/C15H22N2O/c1-12-3-5-13(6-4-12)7-8-15(18)17(2)14-9-10-16-11-14/h3-6,14,16H,7-11H2,1-2H3. The van der Waals surface area contributed by atoms with Gasteiger partial charge in [-0.1, -0.05) is 29.8 Å². The number of hydrogen-bond acceptors (Lipinski definition) is 2. The molecule has 0 bridgehead atoms. The number of carbonyl (C=O) groups excluding carboxylic acids is 1. The lowest BCUT2D eigenvalue weighted by molar-refractivity contribution is -0.131. The molecule has 1 aromatic carbocycles. The average Bonchev–Trinajstić information content (AvgIpc) is 2.90. The van der Waals surface area contributed by atoms with E-state index >= 15 is 0 Å². The Hall–Kier alpha value is -1.35. The van der Waals surface area contributed by atoms with E-state index in [1.807, 2.05) is 11.9 Å². The molecule has 18 heavy (non-hydrogen) atoms. The van der Waals surface area contributed by atoms with Crippen molar-refractivity contribution in [2.24, 2.45) is 0 Å². The van der Waals surface area contributed by atoms with Crippen LogP contribution < -0.4 is 5.32 Å². The van der Waals surface area contributed by atoms with Crippen molar-refractivity contribution in [3.63, 3.8) is 0 Å². The molecule has 1 aromatic rings. The summed E-state index contributed by atoms with van der Waals surface area (Å²) in [6.45, 7) is 4.04. The topological polar surface area (TPSA) is 32.3 Å². The van der Waals surface area contributed by atoms with Crippen LogP contribution in [0.15, 0.2) is 24.3 Å². The number of likely N-dealkylation sites (N-methyl/N-ethyl adjacent to an activating group) is 1. The van der Waals surface area contributed by atoms with Crippen molar-refractivity contribution in [3.05, 3.63) is 35.4 Å². The van der Waals surface area contributed by atoms with Gasteiger partial charge >= 0.3 is 0 Å². The van der Waals surface area contributed by atoms with Crippen LogP contribution in [0.3, 0.4) is 0 Å². The Morgan fingerprint density at radius 2 is 2.11 bits per heavy atom. The van der Waals surface area contributed by atoms with E-state index in [4.69, 9.17) is 0 Å². The van der Waals surface area contributed by atoms with Crippen LogP contribution in [0.5, 0.6) is 0 Å². The molecule has 3 heteroatoms. The lowest BCUT2D eigenvalue weighted by Gasteiger charge is -2.23. The molecule has 0 radical (unpaired) electrons. The van der Waals surface area contributed by atoms with Crippen LogP contribution in [0.4, 0.5) is 0 Å². The number of aryl methyl sites for hydroxylation is 2. The van der Waals surface area contributed by atoms with Gasteiger partial charge in [-0.05, 0) is 31.9 Å². The summed E-state index contributed by atoms with van der Waals surface area (Å²) in [5.41, 5.74) is 2.51. The summed E-state index contributed by atoms with van der Waals surface area (Å²) in [4.78, 5) is 14.0. The first-order valence-corrected chi connectivity index (χ1v) is 6.69. The Morgan fingerprint density at radius 3 is 2.72 bits per heavy atom. The molecule has 2 rings (SSSR count). The zero-order valence-electron chi connectivity index (χ0n) is 11.3. The number of benzene rings is 1. The molecule has 1 fully saturated rings. The highest BCUT2D eigenvalue weighted by Gasteiger charge is 2.22. The fourth-order valence-corrected chi connectivity index (χ4v) is 2.36. The summed E-state index contributed by atoms with van der Waals surface area (Å²) in [5, 5.41) is 3.29. The zero-order valence-corrected chi connectivity index (χ0v) is 11.3. The third-order valence-electron chi connectivity index (χ3n) is 3.72. The van der Waals surface area contributed by atoms with Crippen molar-refractivity contribution in [3.8, 4) is 0 Å². The second-order valence-electron chi connectivity index (χ2n) is 5.14. The van der Waals surface area contributed by atoms with Gasteiger partial charge in [0.2, 0.25) is 5.91 Å². The molecule has 1 unspecified atom stereocenters. The van der Waals surface area contributed by atoms with Gasteiger partial charge in [-0.25, -0.2) is 0 Å². The summed E-state index contributed by atoms with van der Waals surface area (Å²) in [6, 6.07) is 8.81. The molecule has 1 N–H and O–H groups in total. The Labute approximate surface area is 109 Å². The summed E-state index contributed by atoms with van der Waals surface area (Å²) in [5.74, 6) is 0.254. The van der Waals surface area contributed by atoms with Gasteiger partial charge in [0.05, 0.1) is 0 Å². The number of amides is 1. The van der Waals surface area contributed by atoms with Gasteiger partial charge in [-0.15, -0.1) is 0 Å². The van der Waals surface area contributed by atoms with Crippen molar-refractivity contribution < 1.29 is 4.79 Å². The predicted molar refractivity (Wildman–Crippen MR) is 73.5 cm³/mol. The fraction of sp³-hybridized carbons (Fsp3) is 0.533. The van der Waals surface area contributed by atoms with E-state index in [0.29, 0.717) is 12.5 Å². The maximum absolute atomic E-state index is 12.1. The number of hydrogen-bond donors (Lipinski definition) is 1. The monoisotopic (exact) mass is 246 g/mol. The van der Waals surface area contributed by atoms with E-state index in [2.05, 4.69) is 36.5 Å². The van der Waals surface area contributed by atoms with Crippen molar-refractivity contribution in [2.45, 2.75) is 32.2 Å². The Morgan fingerprint density at radius 1 is 1.39 bits per heavy atom. The first-order valence-electron chi connectivity index (χ1n) is 6.69. The molecule has 1 amide bonds. The average molecular weight is 246 g/mol. The predicted octanol–water partition coefficient (Wildman–Crippen LogP) is 1.75. The lowest BCUT2D eigenvalue weighted by atomic mass is 10.1. The minimum Gasteiger partial charge on any atom is -0.341 e. The van der Waals surface area contributed by atoms with E-state index in [-0.39, 0.29) is 5.91 Å². The third-order valence-corrected chi connectivity index (χ3v) is 3.72. The van der Waals surface area contributed by atoms with Crippen LogP contribution in [-0.2, 0) is 11.2 Å². The van der Waals surface area contributed by atoms with E-state index in [1.165, 1.54) is 11.1 Å². The quantitative estimate of drug-likeness (QED) is 0.878. The Kier molecular flexibility index (Phi) is 4.37. The van der Waals surface area contributed by atoms with Crippen LogP contribution in [0.25, 0.3) is 0 Å². The van der Waals surface area contributed by atoms with E-state index in [9.17, 15) is 4.79 Å². The minimum absolute atomic E-state index is 0.254. The second-order valence-corrected chi connectivity index (χ2v) is 5.14. The summed E-state index contributed by atoms with van der Waals surface area (Å²) >= 11 is 0. The number of carbonyl (C=O) groups is 1. The van der Waals surface area contributed by atoms with Crippen LogP contribution in [-0.4, -0.2) is 37.0 Å². The normalized spacial score (nSPS) is 18.9. The minimum atomic E-state index is 0.254. The van der Waals surface area contributed by atoms with Gasteiger partial charge in [0.1, 0.15) is 0 Å². The van der Waals surface area contributed by atoms with E-state index in [1.54, 1.807) is 0 Å². The molecule has 1 heterocycles. The Balaban J connectivity index is 1.82. The van der Waals surface area contributed by atoms with E-state index in [0.717, 1.165) is 25.9 Å². The van der Waals surface area contributed by atoms with Crippen LogP contribution in [0, 0.1) is 6.92 Å². The van der Waals surface area contributed by atoms with Crippen molar-refractivity contribution in [2.75, 3.05) is 20.1 Å². The maximum Gasteiger partial charge on any atom is 0.222 e. The summed E-state index contributed by atoms with van der Waals surface area (Å²) in [6.07, 6.45) is 2.52. The molecule has 1 aliphatic heterocycles. The smallest absolute Gasteiger partial charge is 0.222 e. The maximum atomic E-state index is 12.1. The number of nitrogens with one attached hydrogen (secondary N) is 1. The van der Waals surface area contributed by atoms with Gasteiger partial charge in [0.15, 0.2) is 0 Å². The SMILES string of the molecule is Cc1ccc(CCC(=O)N(C)C2CCNC2)cc1. The number of nitrogens with zero attached hydrogens (tertiary/aromatic N) is 1. The second kappa shape index (κ2) is 6.01. The van der Waals surface area contributed by atoms with Crippen LogP contribution in [0.1, 0.15) is 24.0 Å². The van der Waals surface area contributed by atoms with Crippen LogP contribution >= 0.6 is 0 Å². The fourth-order valence-electron chi connectivity index (χ4n) is 2.36. The molecule has 0 spiro atoms. The van der Waals surface area contributed by atoms with Gasteiger partial charge in [-0.2, -0.15) is 0 Å². The van der Waals surface area contributed by atoms with Gasteiger partial charge in [-0.3, -0.25) is 4.79 Å². The first kappa shape index (κ1) is 13.1. The highest BCUT2D eigenvalue weighted by atomic mass is 16.2. The molecule has 1 aliphatic rings. The van der Waals surface area contributed by atoms with Crippen molar-refractivity contribution in [1.29, 1.82) is 0 Å². The molecule has 3 nitrogen and oxygen atoms in total. The molecule has 0 saturated carbocycles. The van der Waals surface area contributed by atoms with E-state index < -0.39 is 0 Å². The molecule has 1 atom stereocenters. The van der Waals surface area contributed by atoms with Crippen LogP contribution in [0.2, 0.25) is 0 Å². The zero-order chi connectivity index (χ0) is 13.0. The Bertz CT molecular complexity index is 393.